The van der Waals surface area contributed by atoms with E-state index in [1.165, 1.54) is 27.2 Å². The first-order chi connectivity index (χ1) is 11.7. The molecular formula is C23H21N. The summed E-state index contributed by atoms with van der Waals surface area (Å²) in [6.07, 6.45) is 11.7. The lowest BCUT2D eigenvalue weighted by atomic mass is 9.88. The number of nitrogens with zero attached hydrogens (tertiary/aromatic N) is 1. The number of fused-ring (bicyclic) bond motifs is 2. The molecule has 4 rings (SSSR count). The van der Waals surface area contributed by atoms with E-state index < -0.39 is 0 Å². The molecule has 0 spiro atoms. The summed E-state index contributed by atoms with van der Waals surface area (Å²) in [7, 11) is 2.18. The zero-order valence-electron chi connectivity index (χ0n) is 13.9. The van der Waals surface area contributed by atoms with Gasteiger partial charge in [-0.25, -0.2) is 0 Å². The number of likely N-dealkylation sites (N-methyl/N-ethyl adjacent to an activating group) is 1. The van der Waals surface area contributed by atoms with Crippen LogP contribution in [0, 0.1) is 0 Å². The summed E-state index contributed by atoms with van der Waals surface area (Å²) in [4.78, 5) is 2.38. The number of anilines is 1. The Morgan fingerprint density at radius 1 is 0.958 bits per heavy atom. The van der Waals surface area contributed by atoms with Crippen molar-refractivity contribution in [3.63, 3.8) is 0 Å². The zero-order chi connectivity index (χ0) is 16.6. The predicted octanol–water partition coefficient (Wildman–Crippen LogP) is 5.87. The maximum absolute atomic E-state index is 4.14. The van der Waals surface area contributed by atoms with Crippen LogP contribution in [0.2, 0.25) is 0 Å². The normalized spacial score (nSPS) is 19.7. The van der Waals surface area contributed by atoms with Gasteiger partial charge in [0, 0.05) is 17.8 Å². The lowest BCUT2D eigenvalue weighted by molar-refractivity contribution is 0.615. The van der Waals surface area contributed by atoms with Gasteiger partial charge in [-0.05, 0) is 23.3 Å². The van der Waals surface area contributed by atoms with Crippen molar-refractivity contribution in [3.8, 4) is 0 Å². The minimum atomic E-state index is -0.193. The Balaban J connectivity index is 2.04. The second-order valence-electron chi connectivity index (χ2n) is 6.41. The van der Waals surface area contributed by atoms with Gasteiger partial charge in [-0.1, -0.05) is 78.9 Å². The van der Waals surface area contributed by atoms with Gasteiger partial charge in [0.1, 0.15) is 0 Å². The van der Waals surface area contributed by atoms with Crippen LogP contribution in [-0.2, 0) is 0 Å². The van der Waals surface area contributed by atoms with Crippen LogP contribution in [0.25, 0.3) is 21.5 Å². The second kappa shape index (κ2) is 5.68. The quantitative estimate of drug-likeness (QED) is 0.432. The van der Waals surface area contributed by atoms with E-state index in [-0.39, 0.29) is 5.54 Å². The van der Waals surface area contributed by atoms with Gasteiger partial charge in [-0.2, -0.15) is 0 Å². The first-order valence-corrected chi connectivity index (χ1v) is 8.37. The standard InChI is InChI=1S/C23H21N/c1-3-23(15-9-4-10-16-23)24(2)22-20-13-7-5-11-18(20)17-19-12-6-8-14-21(19)22/h3-15,17H,1,16H2,2H3/t23-/m1/s1. The number of hydrogen-bond acceptors (Lipinski definition) is 1. The molecule has 3 aromatic carbocycles. The van der Waals surface area contributed by atoms with Crippen molar-refractivity contribution in [2.75, 3.05) is 11.9 Å². The summed E-state index contributed by atoms with van der Waals surface area (Å²) >= 11 is 0. The molecule has 0 fully saturated rings. The molecule has 0 aliphatic heterocycles. The van der Waals surface area contributed by atoms with E-state index in [2.05, 4.69) is 104 Å². The highest BCUT2D eigenvalue weighted by atomic mass is 15.2. The Kier molecular flexibility index (Phi) is 3.50. The average Bonchev–Trinajstić information content (AvgIpc) is 2.66. The Bertz CT molecular complexity index is 926. The van der Waals surface area contributed by atoms with E-state index in [9.17, 15) is 0 Å². The van der Waals surface area contributed by atoms with E-state index in [0.717, 1.165) is 6.42 Å². The van der Waals surface area contributed by atoms with Gasteiger partial charge in [-0.3, -0.25) is 0 Å². The first kappa shape index (κ1) is 14.8. The summed E-state index contributed by atoms with van der Waals surface area (Å²) in [6, 6.07) is 19.5. The predicted molar refractivity (Wildman–Crippen MR) is 106 cm³/mol. The third kappa shape index (κ3) is 2.16. The SMILES string of the molecule is C=C[C@@]1(N(C)c2c3ccccc3cc3ccccc23)C=CC=CC1. The zero-order valence-corrected chi connectivity index (χ0v) is 13.9. The third-order valence-electron chi connectivity index (χ3n) is 5.13. The minimum absolute atomic E-state index is 0.193. The smallest absolute Gasteiger partial charge is 0.0800 e. The number of benzene rings is 3. The van der Waals surface area contributed by atoms with Crippen LogP contribution in [0.4, 0.5) is 5.69 Å². The molecule has 0 radical (unpaired) electrons. The molecule has 0 heterocycles. The van der Waals surface area contributed by atoms with Gasteiger partial charge in [-0.15, -0.1) is 6.58 Å². The molecule has 118 valence electrons. The van der Waals surface area contributed by atoms with Crippen molar-refractivity contribution in [3.05, 3.63) is 91.6 Å². The molecule has 1 aliphatic rings. The van der Waals surface area contributed by atoms with Crippen molar-refractivity contribution < 1.29 is 0 Å². The lowest BCUT2D eigenvalue weighted by Gasteiger charge is -2.40. The highest BCUT2D eigenvalue weighted by molar-refractivity contribution is 6.11. The highest BCUT2D eigenvalue weighted by Crippen LogP contribution is 2.40. The molecule has 0 unspecified atom stereocenters. The minimum Gasteiger partial charge on any atom is -0.361 e. The van der Waals surface area contributed by atoms with Gasteiger partial charge in [0.15, 0.2) is 0 Å². The molecule has 1 atom stereocenters. The highest BCUT2D eigenvalue weighted by Gasteiger charge is 2.30. The number of allylic oxidation sites excluding steroid dienone is 2. The molecule has 0 saturated heterocycles. The van der Waals surface area contributed by atoms with E-state index in [1.54, 1.807) is 0 Å². The van der Waals surface area contributed by atoms with Gasteiger partial charge in [0.25, 0.3) is 0 Å². The van der Waals surface area contributed by atoms with E-state index in [0.29, 0.717) is 0 Å². The summed E-state index contributed by atoms with van der Waals surface area (Å²) in [5.74, 6) is 0. The van der Waals surface area contributed by atoms with Gasteiger partial charge < -0.3 is 4.90 Å². The molecule has 0 aromatic heterocycles. The fourth-order valence-corrected chi connectivity index (χ4v) is 3.72. The molecule has 0 bridgehead atoms. The Labute approximate surface area is 143 Å². The first-order valence-electron chi connectivity index (χ1n) is 8.37. The molecule has 1 aliphatic carbocycles. The molecule has 1 heteroatoms. The summed E-state index contributed by atoms with van der Waals surface area (Å²) in [5.41, 5.74) is 1.07. The third-order valence-corrected chi connectivity index (χ3v) is 5.13. The monoisotopic (exact) mass is 311 g/mol. The van der Waals surface area contributed by atoms with E-state index >= 15 is 0 Å². The number of rotatable bonds is 3. The molecular weight excluding hydrogens is 290 g/mol. The molecule has 0 N–H and O–H groups in total. The van der Waals surface area contributed by atoms with Crippen LogP contribution in [-0.4, -0.2) is 12.6 Å². The van der Waals surface area contributed by atoms with Crippen LogP contribution in [0.15, 0.2) is 91.6 Å². The summed E-state index contributed by atoms with van der Waals surface area (Å²) in [5, 5.41) is 5.10. The Hall–Kier alpha value is -2.80. The number of hydrogen-bond donors (Lipinski definition) is 0. The van der Waals surface area contributed by atoms with Gasteiger partial charge in [0.2, 0.25) is 0 Å². The fraction of sp³-hybridized carbons (Fsp3) is 0.130. The van der Waals surface area contributed by atoms with Crippen molar-refractivity contribution in [2.24, 2.45) is 0 Å². The van der Waals surface area contributed by atoms with Crippen LogP contribution in [0.3, 0.4) is 0 Å². The van der Waals surface area contributed by atoms with Crippen LogP contribution < -0.4 is 4.90 Å². The average molecular weight is 311 g/mol. The van der Waals surface area contributed by atoms with Crippen LogP contribution in [0.5, 0.6) is 0 Å². The largest absolute Gasteiger partial charge is 0.361 e. The van der Waals surface area contributed by atoms with E-state index in [1.807, 2.05) is 0 Å². The molecule has 3 aromatic rings. The maximum atomic E-state index is 4.14. The fourth-order valence-electron chi connectivity index (χ4n) is 3.72. The van der Waals surface area contributed by atoms with Crippen LogP contribution in [0.1, 0.15) is 6.42 Å². The lowest BCUT2D eigenvalue weighted by Crippen LogP contribution is -2.43. The van der Waals surface area contributed by atoms with Gasteiger partial charge >= 0.3 is 0 Å². The second-order valence-corrected chi connectivity index (χ2v) is 6.41. The summed E-state index contributed by atoms with van der Waals surface area (Å²) < 4.78 is 0. The molecule has 24 heavy (non-hydrogen) atoms. The van der Waals surface area contributed by atoms with Crippen molar-refractivity contribution in [2.45, 2.75) is 12.0 Å². The van der Waals surface area contributed by atoms with Crippen molar-refractivity contribution >= 4 is 27.2 Å². The Morgan fingerprint density at radius 2 is 1.58 bits per heavy atom. The summed E-state index contributed by atoms with van der Waals surface area (Å²) in [6.45, 7) is 4.14. The molecule has 0 saturated carbocycles. The maximum Gasteiger partial charge on any atom is 0.0800 e. The van der Waals surface area contributed by atoms with Crippen molar-refractivity contribution in [1.82, 2.24) is 0 Å². The molecule has 0 amide bonds. The molecule has 1 nitrogen and oxygen atoms in total. The van der Waals surface area contributed by atoms with Crippen molar-refractivity contribution in [1.29, 1.82) is 0 Å². The Morgan fingerprint density at radius 3 is 2.12 bits per heavy atom. The van der Waals surface area contributed by atoms with E-state index in [4.69, 9.17) is 0 Å². The topological polar surface area (TPSA) is 3.24 Å². The van der Waals surface area contributed by atoms with Gasteiger partial charge in [0.05, 0.1) is 11.2 Å². The van der Waals surface area contributed by atoms with Crippen LogP contribution >= 0.6 is 0 Å².